The van der Waals surface area contributed by atoms with Crippen molar-refractivity contribution in [3.63, 3.8) is 0 Å². The monoisotopic (exact) mass is 313 g/mol. The minimum Gasteiger partial charge on any atom is -0.394 e. The smallest absolute Gasteiger partial charge is 0.280 e. The van der Waals surface area contributed by atoms with E-state index < -0.39 is 6.43 Å². The summed E-state index contributed by atoms with van der Waals surface area (Å²) in [5, 5.41) is 9.63. The van der Waals surface area contributed by atoms with Gasteiger partial charge in [0.1, 0.15) is 17.8 Å². The van der Waals surface area contributed by atoms with Crippen LogP contribution in [-0.4, -0.2) is 47.5 Å². The fraction of sp³-hybridized carbons (Fsp3) is 0.733. The zero-order valence-electron chi connectivity index (χ0n) is 12.4. The third-order valence-corrected chi connectivity index (χ3v) is 4.91. The van der Waals surface area contributed by atoms with Crippen LogP contribution in [0.25, 0.3) is 0 Å². The van der Waals surface area contributed by atoms with Crippen LogP contribution in [0.1, 0.15) is 37.8 Å². The summed E-state index contributed by atoms with van der Waals surface area (Å²) in [5.74, 6) is 0.481. The molecule has 22 heavy (non-hydrogen) atoms. The lowest BCUT2D eigenvalue weighted by Gasteiger charge is -2.48. The maximum Gasteiger partial charge on any atom is 0.280 e. The van der Waals surface area contributed by atoms with E-state index in [0.717, 1.165) is 45.4 Å². The normalized spacial score (nSPS) is 24.9. The highest BCUT2D eigenvalue weighted by molar-refractivity contribution is 5.42. The van der Waals surface area contributed by atoms with E-state index in [1.807, 2.05) is 4.90 Å². The first-order chi connectivity index (χ1) is 10.6. The number of piperidine rings is 1. The summed E-state index contributed by atoms with van der Waals surface area (Å²) >= 11 is 0. The van der Waals surface area contributed by atoms with Crippen molar-refractivity contribution < 1.29 is 18.6 Å². The Bertz CT molecular complexity index is 509. The SMILES string of the molecule is OCC1CCC2(CCOCC2)CN1c1cc(C(F)F)ncn1. The molecule has 5 nitrogen and oxygen atoms in total. The van der Waals surface area contributed by atoms with Crippen LogP contribution in [0.2, 0.25) is 0 Å². The van der Waals surface area contributed by atoms with E-state index >= 15 is 0 Å². The van der Waals surface area contributed by atoms with Crippen molar-refractivity contribution in [2.24, 2.45) is 5.41 Å². The molecule has 1 aromatic rings. The average Bonchev–Trinajstić information content (AvgIpc) is 2.56. The second-order valence-electron chi connectivity index (χ2n) is 6.22. The van der Waals surface area contributed by atoms with Crippen LogP contribution < -0.4 is 4.90 Å². The molecular formula is C15H21F2N3O2. The molecule has 0 amide bonds. The molecule has 122 valence electrons. The number of aliphatic hydroxyl groups excluding tert-OH is 1. The molecule has 0 aliphatic carbocycles. The third kappa shape index (κ3) is 3.05. The van der Waals surface area contributed by atoms with Crippen molar-refractivity contribution >= 4 is 5.82 Å². The van der Waals surface area contributed by atoms with Crippen LogP contribution in [0.4, 0.5) is 14.6 Å². The zero-order chi connectivity index (χ0) is 15.6. The first-order valence-electron chi connectivity index (χ1n) is 7.69. The highest BCUT2D eigenvalue weighted by atomic mass is 19.3. The molecule has 1 spiro atoms. The van der Waals surface area contributed by atoms with Crippen molar-refractivity contribution in [1.82, 2.24) is 9.97 Å². The van der Waals surface area contributed by atoms with Gasteiger partial charge < -0.3 is 14.7 Å². The van der Waals surface area contributed by atoms with Gasteiger partial charge in [-0.05, 0) is 31.1 Å². The number of anilines is 1. The number of rotatable bonds is 3. The molecule has 3 rings (SSSR count). The minimum absolute atomic E-state index is 0.000590. The number of hydrogen-bond donors (Lipinski definition) is 1. The zero-order valence-corrected chi connectivity index (χ0v) is 12.4. The number of nitrogens with zero attached hydrogens (tertiary/aromatic N) is 3. The number of aromatic nitrogens is 2. The minimum atomic E-state index is -2.61. The molecule has 2 aliphatic heterocycles. The van der Waals surface area contributed by atoms with Crippen molar-refractivity contribution in [3.8, 4) is 0 Å². The lowest BCUT2D eigenvalue weighted by molar-refractivity contribution is 0.000818. The molecule has 0 radical (unpaired) electrons. The molecule has 1 unspecified atom stereocenters. The van der Waals surface area contributed by atoms with Gasteiger partial charge in [-0.1, -0.05) is 0 Å². The van der Waals surface area contributed by atoms with Crippen molar-refractivity contribution in [2.45, 2.75) is 38.2 Å². The van der Waals surface area contributed by atoms with Crippen LogP contribution in [0.5, 0.6) is 0 Å². The standard InChI is InChI=1S/C15H21F2N3O2/c16-14(17)12-7-13(19-10-18-12)20-9-15(2-1-11(20)8-21)3-5-22-6-4-15/h7,10-11,14,21H,1-6,8-9H2. The van der Waals surface area contributed by atoms with Crippen molar-refractivity contribution in [1.29, 1.82) is 0 Å². The molecule has 2 aliphatic rings. The average molecular weight is 313 g/mol. The molecule has 0 aromatic carbocycles. The predicted molar refractivity (Wildman–Crippen MR) is 76.9 cm³/mol. The second-order valence-corrected chi connectivity index (χ2v) is 6.22. The van der Waals surface area contributed by atoms with Gasteiger partial charge in [0.15, 0.2) is 0 Å². The van der Waals surface area contributed by atoms with Crippen LogP contribution >= 0.6 is 0 Å². The summed E-state index contributed by atoms with van der Waals surface area (Å²) < 4.78 is 31.2. The van der Waals surface area contributed by atoms with Gasteiger partial charge in [0.05, 0.1) is 12.6 Å². The third-order valence-electron chi connectivity index (χ3n) is 4.91. The van der Waals surface area contributed by atoms with Crippen LogP contribution in [0.3, 0.4) is 0 Å². The largest absolute Gasteiger partial charge is 0.394 e. The van der Waals surface area contributed by atoms with Crippen molar-refractivity contribution in [3.05, 3.63) is 18.1 Å². The molecule has 1 aromatic heterocycles. The van der Waals surface area contributed by atoms with E-state index in [1.54, 1.807) is 0 Å². The van der Waals surface area contributed by atoms with E-state index in [0.29, 0.717) is 5.82 Å². The van der Waals surface area contributed by atoms with Gasteiger partial charge in [-0.3, -0.25) is 0 Å². The topological polar surface area (TPSA) is 58.5 Å². The van der Waals surface area contributed by atoms with Gasteiger partial charge in [0.25, 0.3) is 6.43 Å². The van der Waals surface area contributed by atoms with Crippen molar-refractivity contribution in [2.75, 3.05) is 31.3 Å². The summed E-state index contributed by atoms with van der Waals surface area (Å²) in [7, 11) is 0. The Morgan fingerprint density at radius 1 is 1.32 bits per heavy atom. The highest BCUT2D eigenvalue weighted by Gasteiger charge is 2.41. The maximum atomic E-state index is 12.9. The molecule has 7 heteroatoms. The summed E-state index contributed by atoms with van der Waals surface area (Å²) in [6.07, 6.45) is 2.37. The molecule has 0 bridgehead atoms. The number of alkyl halides is 2. The predicted octanol–water partition coefficient (Wildman–Crippen LogP) is 2.17. The first-order valence-corrected chi connectivity index (χ1v) is 7.69. The van der Waals surface area contributed by atoms with Gasteiger partial charge in [0, 0.05) is 25.8 Å². The second kappa shape index (κ2) is 6.42. The van der Waals surface area contributed by atoms with Gasteiger partial charge in [0.2, 0.25) is 0 Å². The molecular weight excluding hydrogens is 292 g/mol. The van der Waals surface area contributed by atoms with Gasteiger partial charge in [-0.2, -0.15) is 0 Å². The molecule has 2 fully saturated rings. The fourth-order valence-electron chi connectivity index (χ4n) is 3.51. The van der Waals surface area contributed by atoms with E-state index in [-0.39, 0.29) is 23.8 Å². The van der Waals surface area contributed by atoms with Gasteiger partial charge >= 0.3 is 0 Å². The fourth-order valence-corrected chi connectivity index (χ4v) is 3.51. The number of aliphatic hydroxyl groups is 1. The van der Waals surface area contributed by atoms with E-state index in [4.69, 9.17) is 4.74 Å². The maximum absolute atomic E-state index is 12.9. The Kier molecular flexibility index (Phi) is 4.54. The lowest BCUT2D eigenvalue weighted by atomic mass is 9.72. The van der Waals surface area contributed by atoms with E-state index in [9.17, 15) is 13.9 Å². The molecule has 3 heterocycles. The Balaban J connectivity index is 1.86. The Morgan fingerprint density at radius 2 is 2.09 bits per heavy atom. The van der Waals surface area contributed by atoms with Crippen LogP contribution in [0, 0.1) is 5.41 Å². The summed E-state index contributed by atoms with van der Waals surface area (Å²) in [6.45, 7) is 2.20. The highest BCUT2D eigenvalue weighted by Crippen LogP contribution is 2.42. The quantitative estimate of drug-likeness (QED) is 0.927. The molecule has 2 saturated heterocycles. The summed E-state index contributed by atoms with van der Waals surface area (Å²) in [5.41, 5.74) is -0.131. The van der Waals surface area contributed by atoms with Gasteiger partial charge in [-0.15, -0.1) is 0 Å². The lowest BCUT2D eigenvalue weighted by Crippen LogP contribution is -2.52. The Labute approximate surface area is 128 Å². The number of halogens is 2. The Morgan fingerprint density at radius 3 is 2.77 bits per heavy atom. The number of ether oxygens (including phenoxy) is 1. The Hall–Kier alpha value is -1.34. The molecule has 1 atom stereocenters. The summed E-state index contributed by atoms with van der Waals surface area (Å²) in [6, 6.07) is 1.26. The summed E-state index contributed by atoms with van der Waals surface area (Å²) in [4.78, 5) is 9.75. The molecule has 0 saturated carbocycles. The first kappa shape index (κ1) is 15.6. The van der Waals surface area contributed by atoms with Crippen LogP contribution in [0.15, 0.2) is 12.4 Å². The van der Waals surface area contributed by atoms with E-state index in [1.165, 1.54) is 12.4 Å². The molecule has 1 N–H and O–H groups in total. The van der Waals surface area contributed by atoms with Gasteiger partial charge in [-0.25, -0.2) is 18.7 Å². The number of hydrogen-bond acceptors (Lipinski definition) is 5. The van der Waals surface area contributed by atoms with Crippen LogP contribution in [-0.2, 0) is 4.74 Å². The van der Waals surface area contributed by atoms with E-state index in [2.05, 4.69) is 9.97 Å².